The molecular weight excluding hydrogens is 483 g/mol. The second-order valence-electron chi connectivity index (χ2n) is 8.30. The standard InChI is InChI=1S/C24H19ClF3N5O2/c25-17-3-1-2-14(6-17)11-33-20(8-15-7-16(24(26,27)28)9-30-22(15)33)23(35)31-18-4-5-21(29-10-18)32-12-19(34)13-32/h1-10,19,34H,11-13H2,(H,31,35). The largest absolute Gasteiger partial charge is 0.417 e. The topological polar surface area (TPSA) is 83.3 Å². The zero-order chi connectivity index (χ0) is 24.7. The summed E-state index contributed by atoms with van der Waals surface area (Å²) in [6.45, 7) is 1.17. The summed E-state index contributed by atoms with van der Waals surface area (Å²) in [5.74, 6) is 0.153. The van der Waals surface area contributed by atoms with Crippen molar-refractivity contribution < 1.29 is 23.1 Å². The van der Waals surface area contributed by atoms with Gasteiger partial charge in [-0.2, -0.15) is 13.2 Å². The van der Waals surface area contributed by atoms with Gasteiger partial charge in [-0.15, -0.1) is 0 Å². The Morgan fingerprint density at radius 3 is 2.57 bits per heavy atom. The summed E-state index contributed by atoms with van der Waals surface area (Å²) in [7, 11) is 0. The number of anilines is 2. The lowest BCUT2D eigenvalue weighted by Gasteiger charge is -2.36. The highest BCUT2D eigenvalue weighted by Crippen LogP contribution is 2.32. The van der Waals surface area contributed by atoms with Crippen LogP contribution in [0.15, 0.2) is 60.9 Å². The molecule has 11 heteroatoms. The maximum absolute atomic E-state index is 13.2. The van der Waals surface area contributed by atoms with E-state index in [2.05, 4.69) is 15.3 Å². The molecule has 3 aromatic heterocycles. The van der Waals surface area contributed by atoms with Crippen molar-refractivity contribution in [3.8, 4) is 0 Å². The molecule has 0 saturated carbocycles. The Morgan fingerprint density at radius 2 is 1.91 bits per heavy atom. The van der Waals surface area contributed by atoms with Gasteiger partial charge < -0.3 is 19.9 Å². The third-order valence-corrected chi connectivity index (χ3v) is 5.95. The van der Waals surface area contributed by atoms with Gasteiger partial charge in [0.25, 0.3) is 5.91 Å². The number of fused-ring (bicyclic) bond motifs is 1. The lowest BCUT2D eigenvalue weighted by Crippen LogP contribution is -2.51. The molecule has 4 heterocycles. The summed E-state index contributed by atoms with van der Waals surface area (Å²) in [4.78, 5) is 23.4. The number of aliphatic hydroxyl groups excluding tert-OH is 1. The number of alkyl halides is 3. The molecule has 1 aliphatic rings. The predicted octanol–water partition coefficient (Wildman–Crippen LogP) is 4.59. The van der Waals surface area contributed by atoms with Gasteiger partial charge in [-0.3, -0.25) is 4.79 Å². The fraction of sp³-hybridized carbons (Fsp3) is 0.208. The van der Waals surface area contributed by atoms with E-state index in [4.69, 9.17) is 11.6 Å². The number of β-amino-alcohol motifs (C(OH)–C–C–N with tert-alkyl or cyclic N) is 1. The number of nitrogens with zero attached hydrogens (tertiary/aromatic N) is 4. The summed E-state index contributed by atoms with van der Waals surface area (Å²) in [6, 6.07) is 12.7. The van der Waals surface area contributed by atoms with Gasteiger partial charge in [0.1, 0.15) is 17.2 Å². The summed E-state index contributed by atoms with van der Waals surface area (Å²) in [5, 5.41) is 12.9. The molecule has 1 aromatic carbocycles. The maximum Gasteiger partial charge on any atom is 0.417 e. The number of hydrogen-bond donors (Lipinski definition) is 2. The normalized spacial score (nSPS) is 14.3. The van der Waals surface area contributed by atoms with E-state index in [0.29, 0.717) is 29.6 Å². The van der Waals surface area contributed by atoms with Crippen LogP contribution in [-0.2, 0) is 12.7 Å². The molecule has 0 unspecified atom stereocenters. The number of carbonyl (C=O) groups is 1. The minimum absolute atomic E-state index is 0.141. The number of rotatable bonds is 5. The van der Waals surface area contributed by atoms with Gasteiger partial charge in [0.15, 0.2) is 0 Å². The van der Waals surface area contributed by atoms with Gasteiger partial charge in [0.2, 0.25) is 0 Å². The highest BCUT2D eigenvalue weighted by Gasteiger charge is 2.32. The molecule has 7 nitrogen and oxygen atoms in total. The monoisotopic (exact) mass is 501 g/mol. The maximum atomic E-state index is 13.2. The van der Waals surface area contributed by atoms with Crippen LogP contribution >= 0.6 is 11.6 Å². The van der Waals surface area contributed by atoms with E-state index in [1.807, 2.05) is 4.90 Å². The second-order valence-corrected chi connectivity index (χ2v) is 8.73. The first-order chi connectivity index (χ1) is 16.7. The Balaban J connectivity index is 1.47. The van der Waals surface area contributed by atoms with Crippen LogP contribution < -0.4 is 10.2 Å². The van der Waals surface area contributed by atoms with Crippen LogP contribution in [0.1, 0.15) is 21.6 Å². The van der Waals surface area contributed by atoms with Crippen molar-refractivity contribution in [3.05, 3.63) is 82.8 Å². The SMILES string of the molecule is O=C(Nc1ccc(N2CC(O)C2)nc1)c1cc2cc(C(F)(F)F)cnc2n1Cc1cccc(Cl)c1. The summed E-state index contributed by atoms with van der Waals surface area (Å²) in [5.41, 5.74) is 0.666. The Labute approximate surface area is 202 Å². The fourth-order valence-corrected chi connectivity index (χ4v) is 4.16. The summed E-state index contributed by atoms with van der Waals surface area (Å²) >= 11 is 6.09. The molecule has 1 aliphatic heterocycles. The van der Waals surface area contributed by atoms with Gasteiger partial charge in [-0.05, 0) is 42.0 Å². The first-order valence-corrected chi connectivity index (χ1v) is 11.1. The Bertz CT molecular complexity index is 1400. The lowest BCUT2D eigenvalue weighted by molar-refractivity contribution is -0.137. The number of halogens is 4. The van der Waals surface area contributed by atoms with E-state index in [0.717, 1.165) is 17.8 Å². The van der Waals surface area contributed by atoms with Crippen LogP contribution in [0.3, 0.4) is 0 Å². The third kappa shape index (κ3) is 4.80. The minimum Gasteiger partial charge on any atom is -0.389 e. The molecule has 1 amide bonds. The summed E-state index contributed by atoms with van der Waals surface area (Å²) in [6.07, 6.45) is -2.68. The number of benzene rings is 1. The number of aromatic nitrogens is 3. The van der Waals surface area contributed by atoms with Crippen molar-refractivity contribution >= 4 is 40.0 Å². The lowest BCUT2D eigenvalue weighted by atomic mass is 10.2. The summed E-state index contributed by atoms with van der Waals surface area (Å²) < 4.78 is 41.3. The van der Waals surface area contributed by atoms with Crippen molar-refractivity contribution in [2.45, 2.75) is 18.8 Å². The van der Waals surface area contributed by atoms with Gasteiger partial charge in [0.05, 0.1) is 23.6 Å². The zero-order valence-corrected chi connectivity index (χ0v) is 18.9. The van der Waals surface area contributed by atoms with Crippen LogP contribution in [-0.4, -0.2) is 44.7 Å². The van der Waals surface area contributed by atoms with Crippen molar-refractivity contribution in [1.82, 2.24) is 14.5 Å². The van der Waals surface area contributed by atoms with Gasteiger partial charge in [0, 0.05) is 36.2 Å². The van der Waals surface area contributed by atoms with Gasteiger partial charge >= 0.3 is 6.18 Å². The average Bonchev–Trinajstić information content (AvgIpc) is 3.15. The number of aliphatic hydroxyl groups is 1. The fourth-order valence-electron chi connectivity index (χ4n) is 3.95. The molecule has 1 saturated heterocycles. The molecule has 0 aliphatic carbocycles. The molecule has 1 fully saturated rings. The molecule has 0 atom stereocenters. The third-order valence-electron chi connectivity index (χ3n) is 5.72. The first kappa shape index (κ1) is 23.1. The molecule has 2 N–H and O–H groups in total. The Morgan fingerprint density at radius 1 is 1.11 bits per heavy atom. The molecular formula is C24H19ClF3N5O2. The van der Waals surface area contributed by atoms with Crippen LogP contribution in [0.2, 0.25) is 5.02 Å². The minimum atomic E-state index is -4.56. The van der Waals surface area contributed by atoms with Crippen LogP contribution in [0.5, 0.6) is 0 Å². The van der Waals surface area contributed by atoms with E-state index in [1.54, 1.807) is 41.0 Å². The van der Waals surface area contributed by atoms with E-state index >= 15 is 0 Å². The van der Waals surface area contributed by atoms with Crippen LogP contribution in [0.4, 0.5) is 24.7 Å². The van der Waals surface area contributed by atoms with Crippen molar-refractivity contribution in [3.63, 3.8) is 0 Å². The average molecular weight is 502 g/mol. The molecule has 0 radical (unpaired) electrons. The number of hydrogen-bond acceptors (Lipinski definition) is 5. The molecule has 35 heavy (non-hydrogen) atoms. The van der Waals surface area contributed by atoms with Crippen molar-refractivity contribution in [1.29, 1.82) is 0 Å². The molecule has 0 bridgehead atoms. The van der Waals surface area contributed by atoms with E-state index in [-0.39, 0.29) is 29.4 Å². The zero-order valence-electron chi connectivity index (χ0n) is 18.1. The van der Waals surface area contributed by atoms with E-state index in [9.17, 15) is 23.1 Å². The highest BCUT2D eigenvalue weighted by atomic mass is 35.5. The highest BCUT2D eigenvalue weighted by molar-refractivity contribution is 6.30. The van der Waals surface area contributed by atoms with E-state index < -0.39 is 17.6 Å². The smallest absolute Gasteiger partial charge is 0.389 e. The number of carbonyl (C=O) groups excluding carboxylic acids is 1. The molecule has 180 valence electrons. The van der Waals surface area contributed by atoms with Crippen LogP contribution in [0.25, 0.3) is 11.0 Å². The second kappa shape index (κ2) is 8.86. The van der Waals surface area contributed by atoms with Gasteiger partial charge in [-0.1, -0.05) is 23.7 Å². The van der Waals surface area contributed by atoms with Crippen molar-refractivity contribution in [2.24, 2.45) is 0 Å². The van der Waals surface area contributed by atoms with Crippen LogP contribution in [0, 0.1) is 0 Å². The predicted molar refractivity (Wildman–Crippen MR) is 126 cm³/mol. The van der Waals surface area contributed by atoms with Gasteiger partial charge in [-0.25, -0.2) is 9.97 Å². The Hall–Kier alpha value is -3.63. The van der Waals surface area contributed by atoms with E-state index in [1.165, 1.54) is 12.3 Å². The molecule has 5 rings (SSSR count). The molecule has 0 spiro atoms. The number of nitrogens with one attached hydrogen (secondary N) is 1. The first-order valence-electron chi connectivity index (χ1n) is 10.7. The van der Waals surface area contributed by atoms with Crippen molar-refractivity contribution in [2.75, 3.05) is 23.3 Å². The molecule has 4 aromatic rings. The number of pyridine rings is 2. The quantitative estimate of drug-likeness (QED) is 0.418. The Kier molecular flexibility index (Phi) is 5.86. The number of amides is 1.